The molecule has 6 heteroatoms. The molecule has 1 aromatic heterocycles. The van der Waals surface area contributed by atoms with Crippen LogP contribution in [0.1, 0.15) is 10.5 Å². The van der Waals surface area contributed by atoms with Crippen molar-refractivity contribution in [1.29, 1.82) is 0 Å². The fourth-order valence-electron chi connectivity index (χ4n) is 2.70. The Bertz CT molecular complexity index is 611. The predicted octanol–water partition coefficient (Wildman–Crippen LogP) is 1.03. The molecule has 0 bridgehead atoms. The molecule has 1 fully saturated rings. The number of hydrogen-bond donors (Lipinski definition) is 1. The highest BCUT2D eigenvalue weighted by molar-refractivity contribution is 5.91. The summed E-state index contributed by atoms with van der Waals surface area (Å²) in [6.07, 6.45) is 4.56. The third-order valence-electron chi connectivity index (χ3n) is 4.00. The van der Waals surface area contributed by atoms with E-state index < -0.39 is 0 Å². The molecule has 1 aliphatic heterocycles. The van der Waals surface area contributed by atoms with Crippen molar-refractivity contribution in [1.82, 2.24) is 20.2 Å². The molecule has 6 nitrogen and oxygen atoms in total. The molecule has 0 saturated carbocycles. The zero-order valence-electron chi connectivity index (χ0n) is 13.1. The maximum Gasteiger partial charge on any atom is 0.271 e. The summed E-state index contributed by atoms with van der Waals surface area (Å²) >= 11 is 0. The molecular formula is C17H21N5O. The number of piperazine rings is 1. The van der Waals surface area contributed by atoms with Gasteiger partial charge in [0.1, 0.15) is 5.69 Å². The van der Waals surface area contributed by atoms with E-state index in [4.69, 9.17) is 0 Å². The number of carbonyl (C=O) groups excluding carboxylic acids is 1. The topological polar surface area (TPSA) is 61.4 Å². The zero-order chi connectivity index (χ0) is 15.9. The van der Waals surface area contributed by atoms with E-state index in [-0.39, 0.29) is 5.91 Å². The van der Waals surface area contributed by atoms with Gasteiger partial charge in [0.25, 0.3) is 5.91 Å². The Labute approximate surface area is 136 Å². The molecule has 0 spiro atoms. The Morgan fingerprint density at radius 2 is 1.87 bits per heavy atom. The van der Waals surface area contributed by atoms with E-state index in [1.54, 1.807) is 6.20 Å². The number of rotatable bonds is 5. The first-order valence-corrected chi connectivity index (χ1v) is 7.89. The molecule has 0 radical (unpaired) electrons. The first-order valence-electron chi connectivity index (χ1n) is 7.89. The summed E-state index contributed by atoms with van der Waals surface area (Å²) in [7, 11) is 0. The largest absolute Gasteiger partial charge is 0.369 e. The van der Waals surface area contributed by atoms with Gasteiger partial charge in [0.05, 0.1) is 6.20 Å². The first-order chi connectivity index (χ1) is 11.3. The molecule has 3 rings (SSSR count). The number of benzene rings is 1. The lowest BCUT2D eigenvalue weighted by Gasteiger charge is -2.36. The summed E-state index contributed by atoms with van der Waals surface area (Å²) in [6.45, 7) is 5.53. The van der Waals surface area contributed by atoms with E-state index in [1.807, 2.05) is 6.07 Å². The van der Waals surface area contributed by atoms with Crippen LogP contribution in [0, 0.1) is 0 Å². The van der Waals surface area contributed by atoms with Crippen molar-refractivity contribution in [2.75, 3.05) is 44.2 Å². The van der Waals surface area contributed by atoms with Crippen molar-refractivity contribution >= 4 is 11.6 Å². The van der Waals surface area contributed by atoms with E-state index in [0.717, 1.165) is 32.7 Å². The molecule has 0 unspecified atom stereocenters. The Kier molecular flexibility index (Phi) is 5.16. The summed E-state index contributed by atoms with van der Waals surface area (Å²) in [5.74, 6) is -0.166. The van der Waals surface area contributed by atoms with Gasteiger partial charge in [-0.05, 0) is 12.1 Å². The Morgan fingerprint density at radius 3 is 2.57 bits per heavy atom. The number of amides is 1. The molecule has 0 atom stereocenters. The molecule has 2 aromatic rings. The van der Waals surface area contributed by atoms with Crippen molar-refractivity contribution in [2.24, 2.45) is 0 Å². The maximum absolute atomic E-state index is 11.9. The number of nitrogens with one attached hydrogen (secondary N) is 1. The lowest BCUT2D eigenvalue weighted by molar-refractivity contribution is 0.0942. The predicted molar refractivity (Wildman–Crippen MR) is 89.5 cm³/mol. The highest BCUT2D eigenvalue weighted by Gasteiger charge is 2.17. The minimum absolute atomic E-state index is 0.166. The highest BCUT2D eigenvalue weighted by Crippen LogP contribution is 2.15. The smallest absolute Gasteiger partial charge is 0.271 e. The second-order valence-corrected chi connectivity index (χ2v) is 5.51. The van der Waals surface area contributed by atoms with Gasteiger partial charge in [0.15, 0.2) is 0 Å². The van der Waals surface area contributed by atoms with Crippen molar-refractivity contribution in [2.45, 2.75) is 0 Å². The molecule has 2 heterocycles. The van der Waals surface area contributed by atoms with Crippen molar-refractivity contribution in [3.05, 3.63) is 54.6 Å². The Morgan fingerprint density at radius 1 is 1.09 bits per heavy atom. The number of para-hydroxylation sites is 1. The fourth-order valence-corrected chi connectivity index (χ4v) is 2.70. The van der Waals surface area contributed by atoms with Gasteiger partial charge < -0.3 is 10.2 Å². The van der Waals surface area contributed by atoms with Crippen molar-refractivity contribution in [3.63, 3.8) is 0 Å². The molecular weight excluding hydrogens is 290 g/mol. The van der Waals surface area contributed by atoms with E-state index in [9.17, 15) is 4.79 Å². The second kappa shape index (κ2) is 7.69. The fraction of sp³-hybridized carbons (Fsp3) is 0.353. The average molecular weight is 311 g/mol. The minimum Gasteiger partial charge on any atom is -0.369 e. The van der Waals surface area contributed by atoms with Crippen LogP contribution in [0.3, 0.4) is 0 Å². The van der Waals surface area contributed by atoms with E-state index in [2.05, 4.69) is 49.4 Å². The first kappa shape index (κ1) is 15.4. The van der Waals surface area contributed by atoms with E-state index >= 15 is 0 Å². The minimum atomic E-state index is -0.166. The zero-order valence-corrected chi connectivity index (χ0v) is 13.1. The molecule has 0 aliphatic carbocycles. The summed E-state index contributed by atoms with van der Waals surface area (Å²) in [5, 5.41) is 2.89. The van der Waals surface area contributed by atoms with Gasteiger partial charge in [-0.3, -0.25) is 14.7 Å². The van der Waals surface area contributed by atoms with Crippen molar-refractivity contribution in [3.8, 4) is 0 Å². The summed E-state index contributed by atoms with van der Waals surface area (Å²) in [6, 6.07) is 10.5. The average Bonchev–Trinajstić information content (AvgIpc) is 2.64. The van der Waals surface area contributed by atoms with E-state index in [1.165, 1.54) is 18.1 Å². The lowest BCUT2D eigenvalue weighted by atomic mass is 10.2. The Balaban J connectivity index is 1.39. The molecule has 1 aromatic carbocycles. The second-order valence-electron chi connectivity index (χ2n) is 5.51. The highest BCUT2D eigenvalue weighted by atomic mass is 16.1. The molecule has 1 saturated heterocycles. The molecule has 23 heavy (non-hydrogen) atoms. The van der Waals surface area contributed by atoms with Gasteiger partial charge in [-0.2, -0.15) is 0 Å². The summed E-state index contributed by atoms with van der Waals surface area (Å²) in [4.78, 5) is 24.5. The SMILES string of the molecule is O=C(NCCN1CCN(c2ccccc2)CC1)c1cnccn1. The van der Waals surface area contributed by atoms with Crippen LogP contribution in [0.4, 0.5) is 5.69 Å². The third-order valence-corrected chi connectivity index (χ3v) is 4.00. The molecule has 120 valence electrons. The summed E-state index contributed by atoms with van der Waals surface area (Å²) < 4.78 is 0. The van der Waals surface area contributed by atoms with Crippen LogP contribution in [-0.4, -0.2) is 60.0 Å². The molecule has 1 amide bonds. The number of aromatic nitrogens is 2. The van der Waals surface area contributed by atoms with Gasteiger partial charge in [-0.1, -0.05) is 18.2 Å². The van der Waals surface area contributed by atoms with Crippen LogP contribution in [0.2, 0.25) is 0 Å². The monoisotopic (exact) mass is 311 g/mol. The van der Waals surface area contributed by atoms with Crippen LogP contribution < -0.4 is 10.2 Å². The van der Waals surface area contributed by atoms with Gasteiger partial charge in [-0.15, -0.1) is 0 Å². The van der Waals surface area contributed by atoms with Crippen LogP contribution in [0.5, 0.6) is 0 Å². The van der Waals surface area contributed by atoms with Gasteiger partial charge in [-0.25, -0.2) is 4.98 Å². The van der Waals surface area contributed by atoms with Crippen LogP contribution >= 0.6 is 0 Å². The number of carbonyl (C=O) groups is 1. The standard InChI is InChI=1S/C17H21N5O/c23-17(16-14-18-6-7-19-16)20-8-9-21-10-12-22(13-11-21)15-4-2-1-3-5-15/h1-7,14H,8-13H2,(H,20,23). The van der Waals surface area contributed by atoms with E-state index in [0.29, 0.717) is 12.2 Å². The molecule has 1 aliphatic rings. The normalized spacial score (nSPS) is 15.4. The molecule has 1 N–H and O–H groups in total. The van der Waals surface area contributed by atoms with Gasteiger partial charge in [0.2, 0.25) is 0 Å². The van der Waals surface area contributed by atoms with Crippen LogP contribution in [-0.2, 0) is 0 Å². The van der Waals surface area contributed by atoms with Gasteiger partial charge >= 0.3 is 0 Å². The van der Waals surface area contributed by atoms with Gasteiger partial charge in [0, 0.05) is 57.3 Å². The maximum atomic E-state index is 11.9. The number of anilines is 1. The third kappa shape index (κ3) is 4.26. The number of nitrogens with zero attached hydrogens (tertiary/aromatic N) is 4. The lowest BCUT2D eigenvalue weighted by Crippen LogP contribution is -2.48. The van der Waals surface area contributed by atoms with Crippen molar-refractivity contribution < 1.29 is 4.79 Å². The number of hydrogen-bond acceptors (Lipinski definition) is 5. The Hall–Kier alpha value is -2.47. The quantitative estimate of drug-likeness (QED) is 0.893. The van der Waals surface area contributed by atoms with Crippen LogP contribution in [0.25, 0.3) is 0 Å². The van der Waals surface area contributed by atoms with Crippen LogP contribution in [0.15, 0.2) is 48.9 Å². The summed E-state index contributed by atoms with van der Waals surface area (Å²) in [5.41, 5.74) is 1.64.